The molecule has 0 bridgehead atoms. The molecular weight excluding hydrogens is 507 g/mol. The molecule has 3 rings (SSSR count). The van der Waals surface area contributed by atoms with E-state index in [1.165, 1.54) is 24.3 Å². The summed E-state index contributed by atoms with van der Waals surface area (Å²) in [6, 6.07) is 15.8. The number of hydrogen-bond donors (Lipinski definition) is 0. The van der Waals surface area contributed by atoms with Crippen molar-refractivity contribution < 1.29 is 16.8 Å². The van der Waals surface area contributed by atoms with E-state index in [9.17, 15) is 16.8 Å². The summed E-state index contributed by atoms with van der Waals surface area (Å²) >= 11 is 2.21. The Hall–Kier alpha value is -1.19. The van der Waals surface area contributed by atoms with Crippen LogP contribution in [0.25, 0.3) is 0 Å². The summed E-state index contributed by atoms with van der Waals surface area (Å²) in [4.78, 5) is 0.0801. The molecule has 1 aliphatic carbocycles. The average molecular weight is 530 g/mol. The number of benzene rings is 2. The molecule has 7 heteroatoms. The number of rotatable bonds is 6. The van der Waals surface area contributed by atoms with Crippen LogP contribution in [-0.4, -0.2) is 25.3 Å². The summed E-state index contributed by atoms with van der Waals surface area (Å²) in [6.07, 6.45) is 1.72. The zero-order valence-corrected chi connectivity index (χ0v) is 19.3. The quantitative estimate of drug-likeness (QED) is 0.313. The Bertz CT molecular complexity index is 979. The van der Waals surface area contributed by atoms with Crippen molar-refractivity contribution in [2.45, 2.75) is 27.2 Å². The van der Waals surface area contributed by atoms with Gasteiger partial charge in [0.15, 0.2) is 23.8 Å². The van der Waals surface area contributed by atoms with Crippen LogP contribution < -0.4 is 0 Å². The van der Waals surface area contributed by atoms with Crippen LogP contribution in [-0.2, 0) is 19.7 Å². The monoisotopic (exact) mass is 530 g/mol. The molecule has 0 radical (unpaired) electrons. The zero-order valence-electron chi connectivity index (χ0n) is 15.5. The fourth-order valence-corrected chi connectivity index (χ4v) is 11.5. The smallest absolute Gasteiger partial charge is 0.199 e. The van der Waals surface area contributed by atoms with E-state index >= 15 is 0 Å². The van der Waals surface area contributed by atoms with Gasteiger partial charge in [0.1, 0.15) is 0 Å². The van der Waals surface area contributed by atoms with Crippen LogP contribution in [0.5, 0.6) is 0 Å². The maximum Gasteiger partial charge on any atom is 0.199 e. The van der Waals surface area contributed by atoms with Crippen LogP contribution in [0.15, 0.2) is 83.1 Å². The second kappa shape index (κ2) is 7.91. The first kappa shape index (κ1) is 21.5. The van der Waals surface area contributed by atoms with E-state index in [-0.39, 0.29) is 28.0 Å². The van der Waals surface area contributed by atoms with Gasteiger partial charge in [-0.05, 0) is 48.4 Å². The maximum absolute atomic E-state index is 13.9. The summed E-state index contributed by atoms with van der Waals surface area (Å²) in [5.41, 5.74) is 0. The molecule has 1 aliphatic rings. The topological polar surface area (TPSA) is 68.3 Å². The van der Waals surface area contributed by atoms with Crippen LogP contribution in [0.2, 0.25) is 0 Å². The lowest BCUT2D eigenvalue weighted by molar-refractivity contribution is 0.402. The first-order chi connectivity index (χ1) is 13.2. The molecule has 3 atom stereocenters. The number of halogens is 1. The Kier molecular flexibility index (Phi) is 6.08. The third-order valence-corrected chi connectivity index (χ3v) is 12.9. The van der Waals surface area contributed by atoms with Gasteiger partial charge in [-0.3, -0.25) is 0 Å². The molecule has 0 saturated heterocycles. The molecule has 1 fully saturated rings. The highest BCUT2D eigenvalue weighted by molar-refractivity contribution is 14.1. The van der Waals surface area contributed by atoms with Gasteiger partial charge < -0.3 is 0 Å². The van der Waals surface area contributed by atoms with E-state index in [0.29, 0.717) is 4.43 Å². The third-order valence-electron chi connectivity index (χ3n) is 5.90. The Balaban J connectivity index is 2.35. The van der Waals surface area contributed by atoms with Gasteiger partial charge in [0.25, 0.3) is 0 Å². The van der Waals surface area contributed by atoms with E-state index in [1.54, 1.807) is 49.4 Å². The summed E-state index contributed by atoms with van der Waals surface area (Å²) in [5.74, 6) is -0.859. The van der Waals surface area contributed by atoms with E-state index in [2.05, 4.69) is 29.2 Å². The number of alkyl halides is 1. The molecule has 0 N–H and O–H groups in total. The molecule has 0 heterocycles. The van der Waals surface area contributed by atoms with Crippen LogP contribution >= 0.6 is 22.6 Å². The van der Waals surface area contributed by atoms with E-state index in [0.717, 1.165) is 0 Å². The molecule has 150 valence electrons. The molecule has 2 aromatic carbocycles. The Morgan fingerprint density at radius 3 is 1.71 bits per heavy atom. The first-order valence-corrected chi connectivity index (χ1v) is 13.5. The molecule has 4 nitrogen and oxygen atoms in total. The minimum Gasteiger partial charge on any atom is -0.222 e. The lowest BCUT2D eigenvalue weighted by atomic mass is 9.93. The molecule has 28 heavy (non-hydrogen) atoms. The van der Waals surface area contributed by atoms with Crippen LogP contribution in [0.1, 0.15) is 13.3 Å². The lowest BCUT2D eigenvalue weighted by Gasteiger charge is -2.34. The second-order valence-corrected chi connectivity index (χ2v) is 12.7. The Morgan fingerprint density at radius 1 is 0.964 bits per heavy atom. The molecular formula is C21H23IO4S2. The molecule has 0 spiro atoms. The van der Waals surface area contributed by atoms with Gasteiger partial charge >= 0.3 is 0 Å². The highest BCUT2D eigenvalue weighted by atomic mass is 127. The lowest BCUT2D eigenvalue weighted by Crippen LogP contribution is -2.49. The van der Waals surface area contributed by atoms with E-state index < -0.39 is 29.7 Å². The fraction of sp³-hybridized carbons (Fsp3) is 0.333. The van der Waals surface area contributed by atoms with Crippen LogP contribution in [0.3, 0.4) is 0 Å². The standard InChI is InChI=1S/C21H23IO4S2/c1-3-17-14-21(16(2)20(17)15-22,27(23,24)18-10-6-4-7-11-18)28(25,26)19-12-8-5-9-13-19/h3-13,16-17,20H,1,14-15H2,2H3/t16-,17-,20-/m1/s1. The van der Waals surface area contributed by atoms with Gasteiger partial charge in [0.2, 0.25) is 0 Å². The second-order valence-electron chi connectivity index (χ2n) is 7.16. The van der Waals surface area contributed by atoms with Crippen molar-refractivity contribution in [2.24, 2.45) is 17.8 Å². The minimum atomic E-state index is -4.18. The van der Waals surface area contributed by atoms with E-state index in [1.807, 2.05) is 0 Å². The highest BCUT2D eigenvalue weighted by Crippen LogP contribution is 2.56. The first-order valence-electron chi connectivity index (χ1n) is 9.02. The van der Waals surface area contributed by atoms with Crippen molar-refractivity contribution in [1.82, 2.24) is 0 Å². The number of allylic oxidation sites excluding steroid dienone is 1. The van der Waals surface area contributed by atoms with Crippen molar-refractivity contribution in [1.29, 1.82) is 0 Å². The Morgan fingerprint density at radius 2 is 1.39 bits per heavy atom. The summed E-state index contributed by atoms with van der Waals surface area (Å²) in [7, 11) is -8.36. The molecule has 0 amide bonds. The summed E-state index contributed by atoms with van der Waals surface area (Å²) < 4.78 is 54.3. The van der Waals surface area contributed by atoms with Crippen LogP contribution in [0, 0.1) is 17.8 Å². The summed E-state index contributed by atoms with van der Waals surface area (Å²) in [5, 5.41) is 0. The van der Waals surface area contributed by atoms with Gasteiger partial charge in [0.05, 0.1) is 9.79 Å². The third kappa shape index (κ3) is 3.06. The minimum absolute atomic E-state index is 0.0137. The normalized spacial score (nSPS) is 24.7. The largest absolute Gasteiger partial charge is 0.222 e. The SMILES string of the molecule is C=C[C@@H]1CC(S(=O)(=O)c2ccccc2)(S(=O)(=O)c2ccccc2)[C@H](C)[C@H]1CI. The number of hydrogen-bond acceptors (Lipinski definition) is 4. The van der Waals surface area contributed by atoms with Crippen molar-refractivity contribution in [3.05, 3.63) is 73.3 Å². The Labute approximate surface area is 181 Å². The van der Waals surface area contributed by atoms with Crippen molar-refractivity contribution in [3.8, 4) is 0 Å². The molecule has 0 aliphatic heterocycles. The highest BCUT2D eigenvalue weighted by Gasteiger charge is 2.66. The molecule has 2 aromatic rings. The molecule has 0 aromatic heterocycles. The maximum atomic E-state index is 13.9. The average Bonchev–Trinajstić information content (AvgIpc) is 3.02. The van der Waals surface area contributed by atoms with Gasteiger partial charge in [-0.1, -0.05) is 72.0 Å². The van der Waals surface area contributed by atoms with Crippen molar-refractivity contribution in [2.75, 3.05) is 4.43 Å². The zero-order chi connectivity index (χ0) is 20.6. The van der Waals surface area contributed by atoms with E-state index in [4.69, 9.17) is 0 Å². The van der Waals surface area contributed by atoms with Crippen molar-refractivity contribution in [3.63, 3.8) is 0 Å². The van der Waals surface area contributed by atoms with Gasteiger partial charge in [0, 0.05) is 4.43 Å². The molecule has 1 saturated carbocycles. The van der Waals surface area contributed by atoms with Gasteiger partial charge in [-0.25, -0.2) is 16.8 Å². The van der Waals surface area contributed by atoms with Crippen LogP contribution in [0.4, 0.5) is 0 Å². The summed E-state index contributed by atoms with van der Waals surface area (Å²) in [6.45, 7) is 5.62. The number of sulfone groups is 2. The van der Waals surface area contributed by atoms with Gasteiger partial charge in [-0.2, -0.15) is 0 Å². The van der Waals surface area contributed by atoms with Gasteiger partial charge in [-0.15, -0.1) is 6.58 Å². The fourth-order valence-electron chi connectivity index (χ4n) is 4.32. The van der Waals surface area contributed by atoms with Crippen molar-refractivity contribution >= 4 is 42.3 Å². The predicted octanol–water partition coefficient (Wildman–Crippen LogP) is 4.52. The predicted molar refractivity (Wildman–Crippen MR) is 120 cm³/mol. The molecule has 0 unspecified atom stereocenters.